The van der Waals surface area contributed by atoms with Crippen molar-refractivity contribution in [3.05, 3.63) is 23.0 Å². The number of hydrogen-bond acceptors (Lipinski definition) is 3. The Morgan fingerprint density at radius 2 is 2.06 bits per heavy atom. The molecule has 3 nitrogen and oxygen atoms in total. The molecule has 0 atom stereocenters. The molecule has 0 heterocycles. The zero-order valence-electron chi connectivity index (χ0n) is 9.67. The van der Waals surface area contributed by atoms with Gasteiger partial charge in [-0.3, -0.25) is 4.79 Å². The van der Waals surface area contributed by atoms with Gasteiger partial charge in [-0.15, -0.1) is 0 Å². The van der Waals surface area contributed by atoms with Gasteiger partial charge in [0.2, 0.25) is 0 Å². The van der Waals surface area contributed by atoms with Gasteiger partial charge in [-0.1, -0.05) is 13.3 Å². The molecule has 88 valence electrons. The molecule has 4 heteroatoms. The molecule has 0 aliphatic rings. The summed E-state index contributed by atoms with van der Waals surface area (Å²) >= 11 is 0. The minimum Gasteiger partial charge on any atom is -0.496 e. The molecule has 0 radical (unpaired) electrons. The fraction of sp³-hybridized carbons (Fsp3) is 0.417. The first-order chi connectivity index (χ1) is 7.69. The maximum absolute atomic E-state index is 13.9. The summed E-state index contributed by atoms with van der Waals surface area (Å²) in [5, 5.41) is 0. The maximum atomic E-state index is 13.9. The second-order valence-corrected chi connectivity index (χ2v) is 3.37. The molecule has 0 spiro atoms. The van der Waals surface area contributed by atoms with E-state index in [2.05, 4.69) is 0 Å². The Balaban J connectivity index is 3.40. The van der Waals surface area contributed by atoms with Crippen LogP contribution >= 0.6 is 0 Å². The van der Waals surface area contributed by atoms with E-state index in [0.29, 0.717) is 18.3 Å². The van der Waals surface area contributed by atoms with Gasteiger partial charge in [-0.2, -0.15) is 0 Å². The minimum atomic E-state index is -0.653. The fourth-order valence-electron chi connectivity index (χ4n) is 1.63. The van der Waals surface area contributed by atoms with E-state index in [9.17, 15) is 9.18 Å². The summed E-state index contributed by atoms with van der Waals surface area (Å²) in [6, 6.07) is 1.65. The van der Waals surface area contributed by atoms with Crippen LogP contribution in [0.1, 0.15) is 29.3 Å². The lowest BCUT2D eigenvalue weighted by atomic mass is 10.0. The van der Waals surface area contributed by atoms with Crippen LogP contribution in [0.5, 0.6) is 11.5 Å². The monoisotopic (exact) mass is 226 g/mol. The van der Waals surface area contributed by atoms with Crippen molar-refractivity contribution in [2.45, 2.75) is 19.8 Å². The van der Waals surface area contributed by atoms with Crippen molar-refractivity contribution in [3.8, 4) is 11.5 Å². The largest absolute Gasteiger partial charge is 0.496 e. The standard InChI is InChI=1S/C12H15FO3/c1-4-5-8-6-10(15-2)9(7-14)11(13)12(8)16-3/h6-7H,4-5H2,1-3H3. The highest BCUT2D eigenvalue weighted by Gasteiger charge is 2.18. The van der Waals surface area contributed by atoms with Gasteiger partial charge in [0.1, 0.15) is 5.75 Å². The van der Waals surface area contributed by atoms with Crippen LogP contribution in [0.3, 0.4) is 0 Å². The topological polar surface area (TPSA) is 35.5 Å². The van der Waals surface area contributed by atoms with E-state index in [4.69, 9.17) is 9.47 Å². The maximum Gasteiger partial charge on any atom is 0.179 e. The molecule has 0 aliphatic heterocycles. The van der Waals surface area contributed by atoms with Crippen molar-refractivity contribution >= 4 is 6.29 Å². The number of benzene rings is 1. The number of carbonyl (C=O) groups excluding carboxylic acids is 1. The van der Waals surface area contributed by atoms with Crippen molar-refractivity contribution in [1.29, 1.82) is 0 Å². The number of halogens is 1. The molecule has 0 N–H and O–H groups in total. The summed E-state index contributed by atoms with van der Waals surface area (Å²) < 4.78 is 23.8. The van der Waals surface area contributed by atoms with Crippen molar-refractivity contribution < 1.29 is 18.7 Å². The second kappa shape index (κ2) is 5.49. The number of aldehydes is 1. The molecule has 0 aliphatic carbocycles. The molecule has 0 bridgehead atoms. The summed E-state index contributed by atoms with van der Waals surface area (Å²) in [7, 11) is 2.79. The molecule has 16 heavy (non-hydrogen) atoms. The van der Waals surface area contributed by atoms with Crippen LogP contribution in [0.2, 0.25) is 0 Å². The highest BCUT2D eigenvalue weighted by Crippen LogP contribution is 2.32. The Kier molecular flexibility index (Phi) is 4.28. The summed E-state index contributed by atoms with van der Waals surface area (Å²) in [5.74, 6) is -0.276. The molecule has 0 unspecified atom stereocenters. The smallest absolute Gasteiger partial charge is 0.179 e. The van der Waals surface area contributed by atoms with E-state index in [-0.39, 0.29) is 17.1 Å². The zero-order valence-corrected chi connectivity index (χ0v) is 9.67. The van der Waals surface area contributed by atoms with E-state index in [1.807, 2.05) is 6.92 Å². The van der Waals surface area contributed by atoms with Crippen LogP contribution in [-0.2, 0) is 6.42 Å². The molecule has 1 aromatic rings. The Morgan fingerprint density at radius 3 is 2.50 bits per heavy atom. The zero-order chi connectivity index (χ0) is 12.1. The lowest BCUT2D eigenvalue weighted by Crippen LogP contribution is -2.02. The molecular weight excluding hydrogens is 211 g/mol. The number of hydrogen-bond donors (Lipinski definition) is 0. The number of aryl methyl sites for hydroxylation is 1. The van der Waals surface area contributed by atoms with Crippen LogP contribution < -0.4 is 9.47 Å². The average molecular weight is 226 g/mol. The molecule has 0 saturated carbocycles. The van der Waals surface area contributed by atoms with Crippen LogP contribution in [0.15, 0.2) is 6.07 Å². The molecule has 1 rings (SSSR count). The quantitative estimate of drug-likeness (QED) is 0.724. The third-order valence-corrected chi connectivity index (χ3v) is 2.36. The SMILES string of the molecule is CCCc1cc(OC)c(C=O)c(F)c1OC. The molecule has 0 amide bonds. The predicted octanol–water partition coefficient (Wildman–Crippen LogP) is 2.61. The normalized spacial score (nSPS) is 10.0. The molecule has 0 saturated heterocycles. The molecule has 0 fully saturated rings. The summed E-state index contributed by atoms with van der Waals surface area (Å²) in [6.45, 7) is 1.98. The van der Waals surface area contributed by atoms with Crippen LogP contribution in [-0.4, -0.2) is 20.5 Å². The Labute approximate surface area is 94.2 Å². The molecule has 1 aromatic carbocycles. The first-order valence-electron chi connectivity index (χ1n) is 5.08. The van der Waals surface area contributed by atoms with Gasteiger partial charge in [0.05, 0.1) is 19.8 Å². The summed E-state index contributed by atoms with van der Waals surface area (Å²) in [6.07, 6.45) is 1.97. The lowest BCUT2D eigenvalue weighted by molar-refractivity contribution is 0.111. The first-order valence-corrected chi connectivity index (χ1v) is 5.08. The Bertz CT molecular complexity index is 388. The van der Waals surface area contributed by atoms with Gasteiger partial charge in [-0.25, -0.2) is 4.39 Å². The fourth-order valence-corrected chi connectivity index (χ4v) is 1.63. The molecular formula is C12H15FO3. The predicted molar refractivity (Wildman–Crippen MR) is 58.9 cm³/mol. The second-order valence-electron chi connectivity index (χ2n) is 3.37. The third-order valence-electron chi connectivity index (χ3n) is 2.36. The van der Waals surface area contributed by atoms with E-state index in [0.717, 1.165) is 6.42 Å². The van der Waals surface area contributed by atoms with Gasteiger partial charge in [0.15, 0.2) is 17.9 Å². The van der Waals surface area contributed by atoms with Crippen molar-refractivity contribution in [2.24, 2.45) is 0 Å². The average Bonchev–Trinajstić information content (AvgIpc) is 2.29. The number of ether oxygens (including phenoxy) is 2. The van der Waals surface area contributed by atoms with E-state index < -0.39 is 5.82 Å². The summed E-state index contributed by atoms with van der Waals surface area (Å²) in [5.41, 5.74) is 0.615. The van der Waals surface area contributed by atoms with Crippen molar-refractivity contribution in [1.82, 2.24) is 0 Å². The van der Waals surface area contributed by atoms with E-state index >= 15 is 0 Å². The van der Waals surface area contributed by atoms with Crippen LogP contribution in [0, 0.1) is 5.82 Å². The van der Waals surface area contributed by atoms with Gasteiger partial charge in [-0.05, 0) is 12.5 Å². The highest BCUT2D eigenvalue weighted by atomic mass is 19.1. The lowest BCUT2D eigenvalue weighted by Gasteiger charge is -2.13. The summed E-state index contributed by atoms with van der Waals surface area (Å²) in [4.78, 5) is 10.8. The van der Waals surface area contributed by atoms with E-state index in [1.54, 1.807) is 6.07 Å². The highest BCUT2D eigenvalue weighted by molar-refractivity contribution is 5.81. The third kappa shape index (κ3) is 2.15. The van der Waals surface area contributed by atoms with E-state index in [1.165, 1.54) is 14.2 Å². The van der Waals surface area contributed by atoms with Crippen LogP contribution in [0.25, 0.3) is 0 Å². The molecule has 0 aromatic heterocycles. The Morgan fingerprint density at radius 1 is 1.38 bits per heavy atom. The van der Waals surface area contributed by atoms with Gasteiger partial charge < -0.3 is 9.47 Å². The number of methoxy groups -OCH3 is 2. The van der Waals surface area contributed by atoms with Crippen molar-refractivity contribution in [2.75, 3.05) is 14.2 Å². The minimum absolute atomic E-state index is 0.0980. The number of rotatable bonds is 5. The Hall–Kier alpha value is -1.58. The van der Waals surface area contributed by atoms with Gasteiger partial charge in [0, 0.05) is 5.56 Å². The van der Waals surface area contributed by atoms with Gasteiger partial charge >= 0.3 is 0 Å². The van der Waals surface area contributed by atoms with Crippen LogP contribution in [0.4, 0.5) is 4.39 Å². The van der Waals surface area contributed by atoms with Gasteiger partial charge in [0.25, 0.3) is 0 Å². The first kappa shape index (κ1) is 12.5. The van der Waals surface area contributed by atoms with Crippen molar-refractivity contribution in [3.63, 3.8) is 0 Å². The number of carbonyl (C=O) groups is 1.